The van der Waals surface area contributed by atoms with Crippen LogP contribution in [0.5, 0.6) is 5.75 Å². The first-order chi connectivity index (χ1) is 10.4. The molecule has 0 aromatic heterocycles. The summed E-state index contributed by atoms with van der Waals surface area (Å²) in [4.78, 5) is 0. The van der Waals surface area contributed by atoms with E-state index in [0.717, 1.165) is 41.0 Å². The molecule has 0 saturated carbocycles. The lowest BCUT2D eigenvalue weighted by atomic mass is 10.00. The number of ether oxygens (including phenoxy) is 1. The van der Waals surface area contributed by atoms with Crippen LogP contribution in [0.3, 0.4) is 0 Å². The Morgan fingerprint density at radius 1 is 1.00 bits per heavy atom. The molecule has 0 bridgehead atoms. The van der Waals surface area contributed by atoms with Crippen LogP contribution >= 0.6 is 0 Å². The highest BCUT2D eigenvalue weighted by molar-refractivity contribution is 5.81. The van der Waals surface area contributed by atoms with Crippen molar-refractivity contribution in [1.82, 2.24) is 0 Å². The van der Waals surface area contributed by atoms with Gasteiger partial charge in [-0.15, -0.1) is 0 Å². The van der Waals surface area contributed by atoms with Gasteiger partial charge in [0, 0.05) is 0 Å². The van der Waals surface area contributed by atoms with Crippen molar-refractivity contribution in [3.63, 3.8) is 0 Å². The summed E-state index contributed by atoms with van der Waals surface area (Å²) in [7, 11) is 1.60. The molecular formula is C18H17F3O. The molecule has 0 amide bonds. The smallest absolute Gasteiger partial charge is 0.416 e. The zero-order valence-corrected chi connectivity index (χ0v) is 12.4. The first-order valence-corrected chi connectivity index (χ1v) is 6.96. The Morgan fingerprint density at radius 3 is 2.05 bits per heavy atom. The third-order valence-electron chi connectivity index (χ3n) is 3.42. The van der Waals surface area contributed by atoms with E-state index in [2.05, 4.69) is 0 Å². The van der Waals surface area contributed by atoms with Crippen LogP contribution in [0.2, 0.25) is 0 Å². The summed E-state index contributed by atoms with van der Waals surface area (Å²) < 4.78 is 42.8. The van der Waals surface area contributed by atoms with E-state index in [9.17, 15) is 13.2 Å². The van der Waals surface area contributed by atoms with Gasteiger partial charge in [0.25, 0.3) is 0 Å². The summed E-state index contributed by atoms with van der Waals surface area (Å²) in [5.41, 5.74) is 2.21. The van der Waals surface area contributed by atoms with Gasteiger partial charge < -0.3 is 4.74 Å². The molecule has 0 saturated heterocycles. The molecule has 0 heterocycles. The lowest BCUT2D eigenvalue weighted by Gasteiger charge is -2.09. The molecule has 0 N–H and O–H groups in total. The maximum absolute atomic E-state index is 12.6. The number of allylic oxidation sites excluding steroid dienone is 1. The fourth-order valence-electron chi connectivity index (χ4n) is 2.16. The van der Waals surface area contributed by atoms with E-state index in [-0.39, 0.29) is 0 Å². The Morgan fingerprint density at radius 2 is 1.59 bits per heavy atom. The van der Waals surface area contributed by atoms with Crippen molar-refractivity contribution in [2.45, 2.75) is 19.5 Å². The number of rotatable bonds is 4. The Kier molecular flexibility index (Phi) is 4.91. The van der Waals surface area contributed by atoms with Crippen LogP contribution in [0.25, 0.3) is 11.6 Å². The SMILES string of the molecule is CC/C(=C/c1ccc(C(F)(F)F)cc1)c1ccc(OC)cc1. The quantitative estimate of drug-likeness (QED) is 0.662. The third kappa shape index (κ3) is 3.91. The maximum atomic E-state index is 12.6. The van der Waals surface area contributed by atoms with Crippen molar-refractivity contribution in [2.75, 3.05) is 7.11 Å². The zero-order valence-electron chi connectivity index (χ0n) is 12.4. The van der Waals surface area contributed by atoms with Crippen molar-refractivity contribution < 1.29 is 17.9 Å². The van der Waals surface area contributed by atoms with Gasteiger partial charge in [-0.3, -0.25) is 0 Å². The Bertz CT molecular complexity index is 638. The minimum absolute atomic E-state index is 0.632. The van der Waals surface area contributed by atoms with E-state index in [1.54, 1.807) is 7.11 Å². The minimum Gasteiger partial charge on any atom is -0.497 e. The van der Waals surface area contributed by atoms with Crippen LogP contribution in [0.4, 0.5) is 13.2 Å². The Balaban J connectivity index is 2.27. The number of alkyl halides is 3. The fraction of sp³-hybridized carbons (Fsp3) is 0.222. The molecule has 0 aliphatic rings. The van der Waals surface area contributed by atoms with Crippen LogP contribution in [0, 0.1) is 0 Å². The minimum atomic E-state index is -4.30. The molecule has 0 unspecified atom stereocenters. The molecule has 4 heteroatoms. The summed E-state index contributed by atoms with van der Waals surface area (Å²) in [5, 5.41) is 0. The monoisotopic (exact) mass is 306 g/mol. The van der Waals surface area contributed by atoms with E-state index in [1.807, 2.05) is 37.3 Å². The highest BCUT2D eigenvalue weighted by Gasteiger charge is 2.29. The number of hydrogen-bond acceptors (Lipinski definition) is 1. The molecule has 22 heavy (non-hydrogen) atoms. The number of methoxy groups -OCH3 is 1. The van der Waals surface area contributed by atoms with Gasteiger partial charge >= 0.3 is 6.18 Å². The molecular weight excluding hydrogens is 289 g/mol. The summed E-state index contributed by atoms with van der Waals surface area (Å²) in [5.74, 6) is 0.772. The molecule has 2 aromatic rings. The Hall–Kier alpha value is -2.23. The molecule has 2 aromatic carbocycles. The molecule has 1 nitrogen and oxygen atoms in total. The van der Waals surface area contributed by atoms with Gasteiger partial charge in [0.05, 0.1) is 12.7 Å². The molecule has 0 aliphatic carbocycles. The summed E-state index contributed by atoms with van der Waals surface area (Å²) in [6.07, 6.45) is -1.61. The van der Waals surface area contributed by atoms with Crippen LogP contribution < -0.4 is 4.74 Å². The number of hydrogen-bond donors (Lipinski definition) is 0. The normalized spacial score (nSPS) is 12.3. The summed E-state index contributed by atoms with van der Waals surface area (Å²) in [6, 6.07) is 12.8. The fourth-order valence-corrected chi connectivity index (χ4v) is 2.16. The second-order valence-corrected chi connectivity index (χ2v) is 4.87. The van der Waals surface area contributed by atoms with Crippen molar-refractivity contribution in [1.29, 1.82) is 0 Å². The second kappa shape index (κ2) is 6.69. The zero-order chi connectivity index (χ0) is 16.2. The lowest BCUT2D eigenvalue weighted by Crippen LogP contribution is -2.04. The van der Waals surface area contributed by atoms with Crippen LogP contribution in [-0.2, 0) is 6.18 Å². The van der Waals surface area contributed by atoms with Gasteiger partial charge in [-0.25, -0.2) is 0 Å². The van der Waals surface area contributed by atoms with Crippen molar-refractivity contribution in [3.05, 3.63) is 65.2 Å². The maximum Gasteiger partial charge on any atom is 0.416 e. The lowest BCUT2D eigenvalue weighted by molar-refractivity contribution is -0.137. The largest absolute Gasteiger partial charge is 0.497 e. The van der Waals surface area contributed by atoms with Crippen molar-refractivity contribution in [3.8, 4) is 5.75 Å². The molecule has 0 fully saturated rings. The average molecular weight is 306 g/mol. The van der Waals surface area contributed by atoms with Crippen LogP contribution in [0.15, 0.2) is 48.5 Å². The van der Waals surface area contributed by atoms with Gasteiger partial charge in [-0.05, 0) is 47.4 Å². The second-order valence-electron chi connectivity index (χ2n) is 4.87. The van der Waals surface area contributed by atoms with Crippen LogP contribution in [0.1, 0.15) is 30.0 Å². The van der Waals surface area contributed by atoms with E-state index in [1.165, 1.54) is 12.1 Å². The first-order valence-electron chi connectivity index (χ1n) is 6.96. The first kappa shape index (κ1) is 16.1. The standard InChI is InChI=1S/C18H17F3O/c1-3-14(15-6-10-17(22-2)11-7-15)12-13-4-8-16(9-5-13)18(19,20)21/h4-12H,3H2,1-2H3/b14-12-. The van der Waals surface area contributed by atoms with Crippen LogP contribution in [-0.4, -0.2) is 7.11 Å². The van der Waals surface area contributed by atoms with E-state index < -0.39 is 11.7 Å². The van der Waals surface area contributed by atoms with Crippen molar-refractivity contribution in [2.24, 2.45) is 0 Å². The van der Waals surface area contributed by atoms with Crippen molar-refractivity contribution >= 4 is 11.6 Å². The molecule has 0 atom stereocenters. The topological polar surface area (TPSA) is 9.23 Å². The average Bonchev–Trinajstić information content (AvgIpc) is 2.52. The van der Waals surface area contributed by atoms with E-state index in [0.29, 0.717) is 0 Å². The highest BCUT2D eigenvalue weighted by Crippen LogP contribution is 2.30. The summed E-state index contributed by atoms with van der Waals surface area (Å²) >= 11 is 0. The molecule has 0 radical (unpaired) electrons. The number of halogens is 3. The van der Waals surface area contributed by atoms with Gasteiger partial charge in [0.15, 0.2) is 0 Å². The molecule has 0 spiro atoms. The Labute approximate surface area is 128 Å². The van der Waals surface area contributed by atoms with Gasteiger partial charge in [0.1, 0.15) is 5.75 Å². The molecule has 2 rings (SSSR count). The van der Waals surface area contributed by atoms with Gasteiger partial charge in [-0.1, -0.05) is 37.3 Å². The van der Waals surface area contributed by atoms with E-state index in [4.69, 9.17) is 4.74 Å². The predicted octanol–water partition coefficient (Wildman–Crippen LogP) is 5.66. The number of benzene rings is 2. The summed E-state index contributed by atoms with van der Waals surface area (Å²) in [6.45, 7) is 2.01. The van der Waals surface area contributed by atoms with Gasteiger partial charge in [0.2, 0.25) is 0 Å². The van der Waals surface area contributed by atoms with Gasteiger partial charge in [-0.2, -0.15) is 13.2 Å². The highest BCUT2D eigenvalue weighted by atomic mass is 19.4. The molecule has 0 aliphatic heterocycles. The predicted molar refractivity (Wildman–Crippen MR) is 82.6 cm³/mol. The van der Waals surface area contributed by atoms with E-state index >= 15 is 0 Å². The third-order valence-corrected chi connectivity index (χ3v) is 3.42. The molecule has 116 valence electrons.